The molecule has 28 heavy (non-hydrogen) atoms. The fourth-order valence-corrected chi connectivity index (χ4v) is 4.07. The summed E-state index contributed by atoms with van der Waals surface area (Å²) in [4.78, 5) is 27.6. The standard InChI is InChI=1S/C22H16FNO3S/c23-16-10-5-4-9-15(16)19-18(20(25)17-11-6-12-28-17)21(26)22(27)24(19)13-14-7-2-1-3-8-14/h1-12,19,26H,13H2. The lowest BCUT2D eigenvalue weighted by Gasteiger charge is -2.27. The van der Waals surface area contributed by atoms with Gasteiger partial charge in [0.25, 0.3) is 5.91 Å². The topological polar surface area (TPSA) is 57.6 Å². The quantitative estimate of drug-likeness (QED) is 0.641. The molecule has 6 heteroatoms. The maximum absolute atomic E-state index is 14.6. The summed E-state index contributed by atoms with van der Waals surface area (Å²) < 4.78 is 14.6. The Morgan fingerprint density at radius 3 is 2.43 bits per heavy atom. The Bertz CT molecular complexity index is 1060. The zero-order valence-electron chi connectivity index (χ0n) is 14.7. The van der Waals surface area contributed by atoms with Gasteiger partial charge >= 0.3 is 0 Å². The molecule has 2 aromatic carbocycles. The van der Waals surface area contributed by atoms with Crippen LogP contribution in [0.5, 0.6) is 0 Å². The number of aliphatic hydroxyl groups is 1. The first-order valence-corrected chi connectivity index (χ1v) is 9.56. The van der Waals surface area contributed by atoms with E-state index in [9.17, 15) is 19.1 Å². The van der Waals surface area contributed by atoms with Gasteiger partial charge in [0, 0.05) is 12.1 Å². The molecule has 1 N–H and O–H groups in total. The molecule has 1 aliphatic rings. The van der Waals surface area contributed by atoms with Gasteiger partial charge in [0.2, 0.25) is 5.78 Å². The highest BCUT2D eigenvalue weighted by atomic mass is 32.1. The summed E-state index contributed by atoms with van der Waals surface area (Å²) in [5, 5.41) is 12.3. The lowest BCUT2D eigenvalue weighted by molar-refractivity contribution is -0.130. The van der Waals surface area contributed by atoms with Crippen molar-refractivity contribution in [2.24, 2.45) is 0 Å². The number of hydrogen-bond donors (Lipinski definition) is 1. The lowest BCUT2D eigenvalue weighted by atomic mass is 9.95. The average Bonchev–Trinajstić information content (AvgIpc) is 3.32. The third-order valence-electron chi connectivity index (χ3n) is 4.69. The third kappa shape index (κ3) is 3.12. The summed E-state index contributed by atoms with van der Waals surface area (Å²) in [5.74, 6) is -2.31. The van der Waals surface area contributed by atoms with E-state index in [0.717, 1.165) is 5.56 Å². The molecule has 0 bridgehead atoms. The van der Waals surface area contributed by atoms with Gasteiger partial charge in [-0.3, -0.25) is 9.59 Å². The van der Waals surface area contributed by atoms with Crippen molar-refractivity contribution in [2.75, 3.05) is 0 Å². The minimum Gasteiger partial charge on any atom is -0.503 e. The predicted octanol–water partition coefficient (Wildman–Crippen LogP) is 4.67. The van der Waals surface area contributed by atoms with Crippen molar-refractivity contribution in [2.45, 2.75) is 12.6 Å². The maximum atomic E-state index is 14.6. The number of rotatable bonds is 5. The van der Waals surface area contributed by atoms with E-state index in [2.05, 4.69) is 0 Å². The summed E-state index contributed by atoms with van der Waals surface area (Å²) in [5.41, 5.74) is 0.902. The van der Waals surface area contributed by atoms with E-state index < -0.39 is 29.3 Å². The molecule has 0 saturated heterocycles. The van der Waals surface area contributed by atoms with Gasteiger partial charge in [-0.2, -0.15) is 0 Å². The Morgan fingerprint density at radius 1 is 1.04 bits per heavy atom. The number of halogens is 1. The largest absolute Gasteiger partial charge is 0.503 e. The van der Waals surface area contributed by atoms with E-state index in [0.29, 0.717) is 4.88 Å². The molecule has 4 rings (SSSR count). The first-order chi connectivity index (χ1) is 13.6. The maximum Gasteiger partial charge on any atom is 0.290 e. The number of benzene rings is 2. The van der Waals surface area contributed by atoms with Crippen molar-refractivity contribution in [1.29, 1.82) is 0 Å². The van der Waals surface area contributed by atoms with Crippen LogP contribution in [0.15, 0.2) is 83.4 Å². The van der Waals surface area contributed by atoms with E-state index in [1.54, 1.807) is 29.6 Å². The van der Waals surface area contributed by atoms with Crippen LogP contribution in [-0.2, 0) is 11.3 Å². The van der Waals surface area contributed by atoms with Crippen LogP contribution in [0.2, 0.25) is 0 Å². The fourth-order valence-electron chi connectivity index (χ4n) is 3.39. The van der Waals surface area contributed by atoms with Crippen molar-refractivity contribution < 1.29 is 19.1 Å². The van der Waals surface area contributed by atoms with Gasteiger partial charge in [-0.15, -0.1) is 11.3 Å². The van der Waals surface area contributed by atoms with Crippen LogP contribution in [0.1, 0.15) is 26.8 Å². The molecule has 140 valence electrons. The van der Waals surface area contributed by atoms with E-state index in [1.807, 2.05) is 30.3 Å². The number of carbonyl (C=O) groups excluding carboxylic acids is 2. The van der Waals surface area contributed by atoms with Crippen LogP contribution in [0.4, 0.5) is 4.39 Å². The highest BCUT2D eigenvalue weighted by molar-refractivity contribution is 7.12. The molecular weight excluding hydrogens is 377 g/mol. The molecule has 0 fully saturated rings. The first kappa shape index (κ1) is 18.1. The second-order valence-corrected chi connectivity index (χ2v) is 7.36. The Balaban J connectivity index is 1.82. The van der Waals surface area contributed by atoms with E-state index in [1.165, 1.54) is 28.4 Å². The minimum absolute atomic E-state index is 0.0894. The number of ketones is 1. The number of nitrogens with zero attached hydrogens (tertiary/aromatic N) is 1. The second kappa shape index (κ2) is 7.40. The Hall–Kier alpha value is -3.25. The van der Waals surface area contributed by atoms with Crippen LogP contribution < -0.4 is 0 Å². The van der Waals surface area contributed by atoms with Gasteiger partial charge in [0.1, 0.15) is 5.82 Å². The number of hydrogen-bond acceptors (Lipinski definition) is 4. The lowest BCUT2D eigenvalue weighted by Crippen LogP contribution is -2.31. The SMILES string of the molecule is O=C(C1=C(O)C(=O)N(Cc2ccccc2)C1c1ccccc1F)c1cccs1. The first-order valence-electron chi connectivity index (χ1n) is 8.68. The molecule has 0 spiro atoms. The monoisotopic (exact) mass is 393 g/mol. The number of carbonyl (C=O) groups is 2. The van der Waals surface area contributed by atoms with E-state index >= 15 is 0 Å². The molecule has 2 heterocycles. The molecule has 1 aliphatic heterocycles. The highest BCUT2D eigenvalue weighted by Crippen LogP contribution is 2.41. The molecule has 1 unspecified atom stereocenters. The smallest absolute Gasteiger partial charge is 0.290 e. The van der Waals surface area contributed by atoms with Crippen LogP contribution in [0.3, 0.4) is 0 Å². The molecule has 3 aromatic rings. The summed E-state index contributed by atoms with van der Waals surface area (Å²) in [6.07, 6.45) is 0. The van der Waals surface area contributed by atoms with Gasteiger partial charge < -0.3 is 10.0 Å². The van der Waals surface area contributed by atoms with Crippen LogP contribution in [0, 0.1) is 5.82 Å². The van der Waals surface area contributed by atoms with Gasteiger partial charge in [0.15, 0.2) is 5.76 Å². The zero-order chi connectivity index (χ0) is 19.7. The second-order valence-electron chi connectivity index (χ2n) is 6.41. The Kier molecular flexibility index (Phi) is 4.79. The predicted molar refractivity (Wildman–Crippen MR) is 104 cm³/mol. The molecule has 0 aliphatic carbocycles. The fraction of sp³-hybridized carbons (Fsp3) is 0.0909. The molecule has 0 radical (unpaired) electrons. The zero-order valence-corrected chi connectivity index (χ0v) is 15.5. The Labute approximate surface area is 165 Å². The normalized spacial score (nSPS) is 16.7. The number of aliphatic hydroxyl groups excluding tert-OH is 1. The van der Waals surface area contributed by atoms with Gasteiger partial charge in [-0.1, -0.05) is 54.6 Å². The number of amides is 1. The van der Waals surface area contributed by atoms with Crippen LogP contribution in [-0.4, -0.2) is 21.7 Å². The molecule has 1 aromatic heterocycles. The van der Waals surface area contributed by atoms with Crippen LogP contribution in [0.25, 0.3) is 0 Å². The van der Waals surface area contributed by atoms with E-state index in [-0.39, 0.29) is 17.7 Å². The van der Waals surface area contributed by atoms with Crippen molar-refractivity contribution in [1.82, 2.24) is 4.90 Å². The molecular formula is C22H16FNO3S. The molecule has 1 atom stereocenters. The third-order valence-corrected chi connectivity index (χ3v) is 5.56. The van der Waals surface area contributed by atoms with Crippen LogP contribution >= 0.6 is 11.3 Å². The number of Topliss-reactive ketones (excluding diaryl/α,β-unsaturated/α-hetero) is 1. The van der Waals surface area contributed by atoms with Crippen molar-refractivity contribution in [3.05, 3.63) is 105 Å². The average molecular weight is 393 g/mol. The Morgan fingerprint density at radius 2 is 1.75 bits per heavy atom. The molecule has 4 nitrogen and oxygen atoms in total. The summed E-state index contributed by atoms with van der Waals surface area (Å²) in [6, 6.07) is 17.5. The summed E-state index contributed by atoms with van der Waals surface area (Å²) in [7, 11) is 0. The van der Waals surface area contributed by atoms with Gasteiger partial charge in [-0.05, 0) is 23.1 Å². The van der Waals surface area contributed by atoms with Crippen molar-refractivity contribution in [3.8, 4) is 0 Å². The van der Waals surface area contributed by atoms with Gasteiger partial charge in [-0.25, -0.2) is 4.39 Å². The minimum atomic E-state index is -0.997. The van der Waals surface area contributed by atoms with Crippen molar-refractivity contribution in [3.63, 3.8) is 0 Å². The highest BCUT2D eigenvalue weighted by Gasteiger charge is 2.44. The summed E-state index contributed by atoms with van der Waals surface area (Å²) >= 11 is 1.21. The number of thiophene rings is 1. The van der Waals surface area contributed by atoms with Crippen molar-refractivity contribution >= 4 is 23.0 Å². The molecule has 0 saturated carbocycles. The summed E-state index contributed by atoms with van der Waals surface area (Å²) in [6.45, 7) is 0.143. The van der Waals surface area contributed by atoms with E-state index in [4.69, 9.17) is 0 Å². The molecule has 1 amide bonds. The van der Waals surface area contributed by atoms with Gasteiger partial charge in [0.05, 0.1) is 16.5 Å².